The van der Waals surface area contributed by atoms with Gasteiger partial charge in [0.2, 0.25) is 5.91 Å². The number of fused-ring (bicyclic) bond motifs is 1. The second kappa shape index (κ2) is 8.21. The van der Waals surface area contributed by atoms with Gasteiger partial charge in [-0.15, -0.1) is 11.3 Å². The number of nitrogens with one attached hydrogen (secondary N) is 1. The number of nitrogens with zero attached hydrogens (tertiary/aromatic N) is 1. The minimum absolute atomic E-state index is 0.0978. The lowest BCUT2D eigenvalue weighted by molar-refractivity contribution is -0.142. The summed E-state index contributed by atoms with van der Waals surface area (Å²) in [5, 5.41) is 12.0. The van der Waals surface area contributed by atoms with Crippen LogP contribution in [0.25, 0.3) is 10.2 Å². The molecule has 0 saturated heterocycles. The Labute approximate surface area is 139 Å². The Morgan fingerprint density at radius 1 is 1.41 bits per heavy atom. The summed E-state index contributed by atoms with van der Waals surface area (Å²) in [6.45, 7) is 0.142. The smallest absolute Gasteiger partial charge is 0.329 e. The zero-order chi connectivity index (χ0) is 15.9. The lowest BCUT2D eigenvalue weighted by atomic mass is 10.3. The Kier molecular flexibility index (Phi) is 6.29. The van der Waals surface area contributed by atoms with Gasteiger partial charge < -0.3 is 15.2 Å². The van der Waals surface area contributed by atoms with E-state index in [1.165, 1.54) is 0 Å². The molecule has 0 aliphatic carbocycles. The molecule has 1 heterocycles. The van der Waals surface area contributed by atoms with Crippen LogP contribution in [0.2, 0.25) is 0 Å². The summed E-state index contributed by atoms with van der Waals surface area (Å²) in [6.07, 6.45) is 0.929. The van der Waals surface area contributed by atoms with E-state index in [1.807, 2.05) is 18.2 Å². The molecule has 8 heteroatoms. The molecule has 0 unspecified atom stereocenters. The summed E-state index contributed by atoms with van der Waals surface area (Å²) in [6, 6.07) is 5.92. The molecule has 2 N–H and O–H groups in total. The predicted molar refractivity (Wildman–Crippen MR) is 87.1 cm³/mol. The molecule has 6 nitrogen and oxygen atoms in total. The minimum Gasteiger partial charge on any atom is -0.480 e. The SMILES string of the molecule is O=C(O)COCCNC(=O)CCc1nc2cc(Br)ccc2s1. The molecule has 118 valence electrons. The van der Waals surface area contributed by atoms with Gasteiger partial charge in [-0.05, 0) is 18.2 Å². The third-order valence-corrected chi connectivity index (χ3v) is 4.34. The molecule has 22 heavy (non-hydrogen) atoms. The molecule has 2 aromatic rings. The topological polar surface area (TPSA) is 88.5 Å². The summed E-state index contributed by atoms with van der Waals surface area (Å²) in [5.41, 5.74) is 0.928. The zero-order valence-electron chi connectivity index (χ0n) is 11.7. The Morgan fingerprint density at radius 3 is 3.00 bits per heavy atom. The first-order valence-corrected chi connectivity index (χ1v) is 8.27. The number of thiazole rings is 1. The van der Waals surface area contributed by atoms with Crippen LogP contribution in [-0.4, -0.2) is 41.7 Å². The maximum absolute atomic E-state index is 11.7. The Hall–Kier alpha value is -1.51. The van der Waals surface area contributed by atoms with E-state index in [-0.39, 0.29) is 19.1 Å². The van der Waals surface area contributed by atoms with Crippen molar-refractivity contribution in [2.24, 2.45) is 0 Å². The van der Waals surface area contributed by atoms with Crippen LogP contribution in [-0.2, 0) is 20.7 Å². The highest BCUT2D eigenvalue weighted by Crippen LogP contribution is 2.25. The molecule has 0 bridgehead atoms. The summed E-state index contributed by atoms with van der Waals surface area (Å²) in [7, 11) is 0. The fraction of sp³-hybridized carbons (Fsp3) is 0.357. The van der Waals surface area contributed by atoms with Crippen molar-refractivity contribution in [1.82, 2.24) is 10.3 Å². The highest BCUT2D eigenvalue weighted by Gasteiger charge is 2.07. The molecule has 0 aliphatic heterocycles. The lowest BCUT2D eigenvalue weighted by Gasteiger charge is -2.04. The van der Waals surface area contributed by atoms with E-state index in [1.54, 1.807) is 11.3 Å². The second-order valence-corrected chi connectivity index (χ2v) is 6.55. The van der Waals surface area contributed by atoms with E-state index < -0.39 is 5.97 Å². The third-order valence-electron chi connectivity index (χ3n) is 2.75. The zero-order valence-corrected chi connectivity index (χ0v) is 14.1. The van der Waals surface area contributed by atoms with Crippen LogP contribution in [0.5, 0.6) is 0 Å². The molecule has 0 aliphatic rings. The van der Waals surface area contributed by atoms with Crippen molar-refractivity contribution in [3.63, 3.8) is 0 Å². The van der Waals surface area contributed by atoms with Crippen LogP contribution in [0, 0.1) is 0 Å². The first kappa shape index (κ1) is 16.9. The lowest BCUT2D eigenvalue weighted by Crippen LogP contribution is -2.28. The van der Waals surface area contributed by atoms with Crippen molar-refractivity contribution in [3.05, 3.63) is 27.7 Å². The molecule has 1 amide bonds. The highest BCUT2D eigenvalue weighted by molar-refractivity contribution is 9.10. The van der Waals surface area contributed by atoms with E-state index in [4.69, 9.17) is 9.84 Å². The van der Waals surface area contributed by atoms with Gasteiger partial charge in [0.25, 0.3) is 0 Å². The number of rotatable bonds is 8. The minimum atomic E-state index is -1.02. The van der Waals surface area contributed by atoms with E-state index in [2.05, 4.69) is 26.2 Å². The maximum atomic E-state index is 11.7. The fourth-order valence-corrected chi connectivity index (χ4v) is 3.08. The number of carbonyl (C=O) groups excluding carboxylic acids is 1. The van der Waals surface area contributed by atoms with Crippen molar-refractivity contribution in [3.8, 4) is 0 Å². The number of carbonyl (C=O) groups is 2. The largest absolute Gasteiger partial charge is 0.480 e. The van der Waals surface area contributed by atoms with Crippen LogP contribution >= 0.6 is 27.3 Å². The van der Waals surface area contributed by atoms with E-state index in [9.17, 15) is 9.59 Å². The monoisotopic (exact) mass is 386 g/mol. The Morgan fingerprint density at radius 2 is 2.23 bits per heavy atom. The van der Waals surface area contributed by atoms with Gasteiger partial charge in [-0.2, -0.15) is 0 Å². The van der Waals surface area contributed by atoms with Gasteiger partial charge in [0.1, 0.15) is 6.61 Å². The summed E-state index contributed by atoms with van der Waals surface area (Å²) < 4.78 is 6.91. The summed E-state index contributed by atoms with van der Waals surface area (Å²) in [5.74, 6) is -1.12. The van der Waals surface area contributed by atoms with Gasteiger partial charge in [-0.25, -0.2) is 9.78 Å². The van der Waals surface area contributed by atoms with Crippen molar-refractivity contribution in [2.45, 2.75) is 12.8 Å². The molecule has 1 aromatic carbocycles. The number of benzene rings is 1. The van der Waals surface area contributed by atoms with Crippen LogP contribution in [0.15, 0.2) is 22.7 Å². The number of aliphatic carboxylic acids is 1. The van der Waals surface area contributed by atoms with Crippen LogP contribution in [0.3, 0.4) is 0 Å². The van der Waals surface area contributed by atoms with Crippen LogP contribution in [0.4, 0.5) is 0 Å². The van der Waals surface area contributed by atoms with E-state index >= 15 is 0 Å². The van der Waals surface area contributed by atoms with E-state index in [0.29, 0.717) is 19.4 Å². The second-order valence-electron chi connectivity index (χ2n) is 4.52. The summed E-state index contributed by atoms with van der Waals surface area (Å²) >= 11 is 4.99. The average molecular weight is 387 g/mol. The normalized spacial score (nSPS) is 10.8. The van der Waals surface area contributed by atoms with Crippen molar-refractivity contribution < 1.29 is 19.4 Å². The number of aryl methyl sites for hydroxylation is 1. The number of halogens is 1. The number of hydrogen-bond donors (Lipinski definition) is 2. The third kappa shape index (κ3) is 5.36. The van der Waals surface area contributed by atoms with Crippen LogP contribution < -0.4 is 5.32 Å². The number of amides is 1. The first-order valence-electron chi connectivity index (χ1n) is 6.66. The van der Waals surface area contributed by atoms with Gasteiger partial charge in [-0.3, -0.25) is 4.79 Å². The Balaban J connectivity index is 1.72. The highest BCUT2D eigenvalue weighted by atomic mass is 79.9. The number of aromatic nitrogens is 1. The maximum Gasteiger partial charge on any atom is 0.329 e. The average Bonchev–Trinajstić information content (AvgIpc) is 2.86. The molecule has 1 aromatic heterocycles. The molecule has 0 fully saturated rings. The number of carboxylic acid groups (broad SMARTS) is 1. The van der Waals surface area contributed by atoms with E-state index in [0.717, 1.165) is 19.7 Å². The molecule has 2 rings (SSSR count). The van der Waals surface area contributed by atoms with Crippen molar-refractivity contribution in [2.75, 3.05) is 19.8 Å². The first-order chi connectivity index (χ1) is 10.5. The number of carboxylic acids is 1. The predicted octanol–water partition coefficient (Wildman–Crippen LogP) is 2.21. The quantitative estimate of drug-likeness (QED) is 0.678. The van der Waals surface area contributed by atoms with Gasteiger partial charge in [0, 0.05) is 23.9 Å². The molecular weight excluding hydrogens is 372 g/mol. The molecule has 0 atom stereocenters. The standard InChI is InChI=1S/C14H15BrN2O4S/c15-9-1-2-11-10(7-9)17-13(22-11)4-3-12(18)16-5-6-21-8-14(19)20/h1-2,7H,3-6,8H2,(H,16,18)(H,19,20). The van der Waals surface area contributed by atoms with Gasteiger partial charge in [0.15, 0.2) is 0 Å². The van der Waals surface area contributed by atoms with Gasteiger partial charge >= 0.3 is 5.97 Å². The molecule has 0 radical (unpaired) electrons. The van der Waals surface area contributed by atoms with Gasteiger partial charge in [-0.1, -0.05) is 15.9 Å². The number of hydrogen-bond acceptors (Lipinski definition) is 5. The number of ether oxygens (including phenoxy) is 1. The molecule has 0 spiro atoms. The van der Waals surface area contributed by atoms with Crippen molar-refractivity contribution >= 4 is 49.4 Å². The molecular formula is C14H15BrN2O4S. The van der Waals surface area contributed by atoms with Crippen molar-refractivity contribution in [1.29, 1.82) is 0 Å². The fourth-order valence-electron chi connectivity index (χ4n) is 1.79. The molecule has 0 saturated carbocycles. The van der Waals surface area contributed by atoms with Crippen LogP contribution in [0.1, 0.15) is 11.4 Å². The summed E-state index contributed by atoms with van der Waals surface area (Å²) in [4.78, 5) is 26.4. The Bertz CT molecular complexity index is 674. The van der Waals surface area contributed by atoms with Gasteiger partial charge in [0.05, 0.1) is 21.8 Å².